The molecule has 3 N–H and O–H groups in total. The van der Waals surface area contributed by atoms with Crippen LogP contribution in [-0.2, 0) is 20.9 Å². The van der Waals surface area contributed by atoms with Gasteiger partial charge in [-0.3, -0.25) is 14.4 Å². The highest BCUT2D eigenvalue weighted by Crippen LogP contribution is 2.15. The van der Waals surface area contributed by atoms with E-state index in [1.54, 1.807) is 24.3 Å². The molecule has 1 heterocycles. The fourth-order valence-electron chi connectivity index (χ4n) is 3.03. The molecule has 0 aliphatic carbocycles. The van der Waals surface area contributed by atoms with Gasteiger partial charge in [0.2, 0.25) is 0 Å². The van der Waals surface area contributed by atoms with E-state index < -0.39 is 17.7 Å². The molecule has 0 aliphatic heterocycles. The van der Waals surface area contributed by atoms with Gasteiger partial charge in [-0.2, -0.15) is 5.26 Å². The minimum Gasteiger partial charge on any atom is -0.460 e. The molecule has 0 unspecified atom stereocenters. The normalized spacial score (nSPS) is 11.7. The van der Waals surface area contributed by atoms with Crippen molar-refractivity contribution >= 4 is 29.5 Å². The molecule has 2 aromatic carbocycles. The predicted molar refractivity (Wildman–Crippen MR) is 127 cm³/mol. The molecule has 1 atom stereocenters. The van der Waals surface area contributed by atoms with E-state index in [9.17, 15) is 19.6 Å². The summed E-state index contributed by atoms with van der Waals surface area (Å²) >= 11 is 0. The number of nitrogens with zero attached hydrogens (tertiary/aromatic N) is 1. The zero-order valence-corrected chi connectivity index (χ0v) is 18.8. The first-order valence-corrected chi connectivity index (χ1v) is 10.6. The molecule has 0 bridgehead atoms. The number of hydrogen-bond acceptors (Lipinski definition) is 5. The van der Waals surface area contributed by atoms with E-state index in [1.807, 2.05) is 62.4 Å². The van der Waals surface area contributed by atoms with Crippen LogP contribution >= 0.6 is 0 Å². The van der Waals surface area contributed by atoms with Gasteiger partial charge >= 0.3 is 11.8 Å². The largest absolute Gasteiger partial charge is 0.460 e. The Bertz CT molecular complexity index is 1240. The number of benzene rings is 2. The molecule has 8 nitrogen and oxygen atoms in total. The standard InChI is InChI=1S/C26H24N4O4/c1-17-8-10-21(11-9-17)30-26(33)25(32)28-16-23-13-12-22(34-23)14-20(15-27)24(31)29-18(2)19-6-4-3-5-7-19/h3-14,18H,16H2,1-2H3,(H,28,32)(H,29,31)(H,30,33)/b20-14-/t18-/m1/s1. The summed E-state index contributed by atoms with van der Waals surface area (Å²) in [6.07, 6.45) is 1.32. The first kappa shape index (κ1) is 24.0. The van der Waals surface area contributed by atoms with Crippen molar-refractivity contribution in [2.45, 2.75) is 26.4 Å². The summed E-state index contributed by atoms with van der Waals surface area (Å²) in [6.45, 7) is 3.71. The molecule has 3 amide bonds. The van der Waals surface area contributed by atoms with Gasteiger partial charge in [0.1, 0.15) is 23.2 Å². The van der Waals surface area contributed by atoms with Crippen LogP contribution in [0.1, 0.15) is 35.6 Å². The number of carbonyl (C=O) groups is 3. The molecular weight excluding hydrogens is 432 g/mol. The zero-order chi connectivity index (χ0) is 24.5. The van der Waals surface area contributed by atoms with Crippen molar-refractivity contribution in [3.8, 4) is 6.07 Å². The van der Waals surface area contributed by atoms with E-state index in [1.165, 1.54) is 6.08 Å². The fraction of sp³-hybridized carbons (Fsp3) is 0.154. The van der Waals surface area contributed by atoms with Crippen LogP contribution in [0.2, 0.25) is 0 Å². The molecule has 3 aromatic rings. The fourth-order valence-corrected chi connectivity index (χ4v) is 3.03. The Labute approximate surface area is 197 Å². The van der Waals surface area contributed by atoms with Crippen molar-refractivity contribution in [2.24, 2.45) is 0 Å². The maximum Gasteiger partial charge on any atom is 0.313 e. The molecule has 0 aliphatic rings. The van der Waals surface area contributed by atoms with Gasteiger partial charge in [-0.25, -0.2) is 0 Å². The monoisotopic (exact) mass is 456 g/mol. The van der Waals surface area contributed by atoms with Crippen LogP contribution < -0.4 is 16.0 Å². The van der Waals surface area contributed by atoms with Gasteiger partial charge in [0.05, 0.1) is 12.6 Å². The third kappa shape index (κ3) is 6.68. The quantitative estimate of drug-likeness (QED) is 0.285. The van der Waals surface area contributed by atoms with Crippen molar-refractivity contribution in [3.63, 3.8) is 0 Å². The van der Waals surface area contributed by atoms with Crippen LogP contribution in [0.15, 0.2) is 76.7 Å². The highest BCUT2D eigenvalue weighted by molar-refractivity contribution is 6.39. The van der Waals surface area contributed by atoms with Gasteiger partial charge in [-0.05, 0) is 43.7 Å². The van der Waals surface area contributed by atoms with Gasteiger partial charge < -0.3 is 20.4 Å². The number of rotatable bonds is 7. The Hall–Kier alpha value is -4.64. The summed E-state index contributed by atoms with van der Waals surface area (Å²) in [6, 6.07) is 21.2. The Kier molecular flexibility index (Phi) is 7.97. The molecule has 1 aromatic heterocycles. The van der Waals surface area contributed by atoms with Crippen molar-refractivity contribution in [1.29, 1.82) is 5.26 Å². The van der Waals surface area contributed by atoms with Gasteiger partial charge in [0.15, 0.2) is 0 Å². The summed E-state index contributed by atoms with van der Waals surface area (Å²) in [4.78, 5) is 36.6. The lowest BCUT2D eigenvalue weighted by Crippen LogP contribution is -2.34. The molecule has 34 heavy (non-hydrogen) atoms. The number of hydrogen-bond donors (Lipinski definition) is 3. The minimum absolute atomic E-state index is 0.0346. The summed E-state index contributed by atoms with van der Waals surface area (Å²) in [5.74, 6) is -1.52. The highest BCUT2D eigenvalue weighted by atomic mass is 16.3. The first-order valence-electron chi connectivity index (χ1n) is 10.6. The molecule has 0 spiro atoms. The Morgan fingerprint density at radius 1 is 0.971 bits per heavy atom. The summed E-state index contributed by atoms with van der Waals surface area (Å²) < 4.78 is 5.56. The van der Waals surface area contributed by atoms with E-state index in [0.29, 0.717) is 11.4 Å². The second-order valence-corrected chi connectivity index (χ2v) is 7.58. The van der Waals surface area contributed by atoms with Crippen LogP contribution in [0.3, 0.4) is 0 Å². The number of nitrogens with one attached hydrogen (secondary N) is 3. The van der Waals surface area contributed by atoms with Gasteiger partial charge in [0.25, 0.3) is 5.91 Å². The van der Waals surface area contributed by atoms with Gasteiger partial charge in [-0.1, -0.05) is 48.0 Å². The maximum atomic E-state index is 12.5. The smallest absolute Gasteiger partial charge is 0.313 e. The van der Waals surface area contributed by atoms with Crippen LogP contribution in [-0.4, -0.2) is 17.7 Å². The van der Waals surface area contributed by atoms with Crippen LogP contribution in [0.5, 0.6) is 0 Å². The summed E-state index contributed by atoms with van der Waals surface area (Å²) in [5.41, 5.74) is 2.34. The molecule has 3 rings (SSSR count). The van der Waals surface area contributed by atoms with Crippen LogP contribution in [0, 0.1) is 18.3 Å². The van der Waals surface area contributed by atoms with Crippen molar-refractivity contribution in [3.05, 3.63) is 95.0 Å². The van der Waals surface area contributed by atoms with Crippen molar-refractivity contribution < 1.29 is 18.8 Å². The second-order valence-electron chi connectivity index (χ2n) is 7.58. The summed E-state index contributed by atoms with van der Waals surface area (Å²) in [5, 5.41) is 17.2. The average Bonchev–Trinajstić information content (AvgIpc) is 3.30. The van der Waals surface area contributed by atoms with Gasteiger partial charge in [0, 0.05) is 11.8 Å². The lowest BCUT2D eigenvalue weighted by Gasteiger charge is -2.13. The van der Waals surface area contributed by atoms with E-state index in [2.05, 4.69) is 16.0 Å². The molecular formula is C26H24N4O4. The highest BCUT2D eigenvalue weighted by Gasteiger charge is 2.16. The lowest BCUT2D eigenvalue weighted by atomic mass is 10.1. The van der Waals surface area contributed by atoms with Crippen molar-refractivity contribution in [2.75, 3.05) is 5.32 Å². The van der Waals surface area contributed by atoms with E-state index in [4.69, 9.17) is 4.42 Å². The SMILES string of the molecule is Cc1ccc(NC(=O)C(=O)NCc2ccc(/C=C(/C#N)C(=O)N[C@H](C)c3ccccc3)o2)cc1. The molecule has 0 saturated carbocycles. The third-order valence-electron chi connectivity index (χ3n) is 4.92. The van der Waals surface area contributed by atoms with E-state index in [0.717, 1.165) is 11.1 Å². The van der Waals surface area contributed by atoms with Crippen LogP contribution in [0.25, 0.3) is 6.08 Å². The molecule has 0 radical (unpaired) electrons. The summed E-state index contributed by atoms with van der Waals surface area (Å²) in [7, 11) is 0. The third-order valence-corrected chi connectivity index (χ3v) is 4.92. The number of nitriles is 1. The topological polar surface area (TPSA) is 124 Å². The van der Waals surface area contributed by atoms with E-state index in [-0.39, 0.29) is 23.9 Å². The number of aryl methyl sites for hydroxylation is 1. The average molecular weight is 457 g/mol. The number of amides is 3. The molecule has 0 saturated heterocycles. The zero-order valence-electron chi connectivity index (χ0n) is 18.8. The Morgan fingerprint density at radius 3 is 2.35 bits per heavy atom. The number of anilines is 1. The van der Waals surface area contributed by atoms with Gasteiger partial charge in [-0.15, -0.1) is 0 Å². The second kappa shape index (κ2) is 11.3. The van der Waals surface area contributed by atoms with E-state index >= 15 is 0 Å². The minimum atomic E-state index is -0.818. The number of furan rings is 1. The Morgan fingerprint density at radius 2 is 1.68 bits per heavy atom. The molecule has 8 heteroatoms. The predicted octanol–water partition coefficient (Wildman–Crippen LogP) is 3.63. The van der Waals surface area contributed by atoms with Crippen molar-refractivity contribution in [1.82, 2.24) is 10.6 Å². The molecule has 172 valence electrons. The first-order chi connectivity index (χ1) is 16.4. The van der Waals surface area contributed by atoms with Crippen LogP contribution in [0.4, 0.5) is 5.69 Å². The maximum absolute atomic E-state index is 12.5. The number of carbonyl (C=O) groups excluding carboxylic acids is 3. The lowest BCUT2D eigenvalue weighted by molar-refractivity contribution is -0.136. The molecule has 0 fully saturated rings. The Balaban J connectivity index is 1.55.